The third-order valence-electron chi connectivity index (χ3n) is 2.83. The highest BCUT2D eigenvalue weighted by molar-refractivity contribution is 5.88. The van der Waals surface area contributed by atoms with Gasteiger partial charge in [-0.3, -0.25) is 0 Å². The van der Waals surface area contributed by atoms with Crippen molar-refractivity contribution in [2.75, 3.05) is 32.1 Å². The summed E-state index contributed by atoms with van der Waals surface area (Å²) in [5.41, 5.74) is 2.58. The van der Waals surface area contributed by atoms with Crippen molar-refractivity contribution in [2.45, 2.75) is 6.42 Å². The molecular formula is C13H17N3O2. The van der Waals surface area contributed by atoms with Crippen LogP contribution >= 0.6 is 0 Å². The maximum atomic E-state index is 11.3. The summed E-state index contributed by atoms with van der Waals surface area (Å²) in [6, 6.07) is 3.54. The Labute approximate surface area is 106 Å². The largest absolute Gasteiger partial charge is 0.464 e. The lowest BCUT2D eigenvalue weighted by Gasteiger charge is -2.15. The number of carbonyl (C=O) groups is 1. The van der Waals surface area contributed by atoms with Crippen LogP contribution in [0.15, 0.2) is 30.0 Å². The lowest BCUT2D eigenvalue weighted by atomic mass is 10.1. The minimum absolute atomic E-state index is 0.321. The predicted octanol–water partition coefficient (Wildman–Crippen LogP) is 1.20. The van der Waals surface area contributed by atoms with Crippen molar-refractivity contribution in [3.8, 4) is 0 Å². The molecule has 2 heterocycles. The normalized spacial score (nSPS) is 14.8. The molecule has 5 nitrogen and oxygen atoms in total. The predicted molar refractivity (Wildman–Crippen MR) is 69.6 cm³/mol. The van der Waals surface area contributed by atoms with Crippen molar-refractivity contribution >= 4 is 11.7 Å². The SMILES string of the molecule is COC(=O)c1cc(NCC2=CCNCC2)ccn1. The van der Waals surface area contributed by atoms with Crippen LogP contribution in [0.4, 0.5) is 5.69 Å². The Hall–Kier alpha value is -1.88. The Bertz CT molecular complexity index is 457. The van der Waals surface area contributed by atoms with E-state index in [2.05, 4.69) is 26.4 Å². The summed E-state index contributed by atoms with van der Waals surface area (Å²) in [4.78, 5) is 15.3. The number of nitrogens with one attached hydrogen (secondary N) is 2. The number of rotatable bonds is 4. The van der Waals surface area contributed by atoms with Crippen LogP contribution in [-0.4, -0.2) is 37.7 Å². The van der Waals surface area contributed by atoms with Gasteiger partial charge in [0.2, 0.25) is 0 Å². The molecule has 96 valence electrons. The number of carbonyl (C=O) groups excluding carboxylic acids is 1. The van der Waals surface area contributed by atoms with E-state index in [9.17, 15) is 4.79 Å². The van der Waals surface area contributed by atoms with E-state index < -0.39 is 5.97 Å². The van der Waals surface area contributed by atoms with E-state index in [0.717, 1.165) is 31.7 Å². The fourth-order valence-corrected chi connectivity index (χ4v) is 1.80. The zero-order valence-corrected chi connectivity index (χ0v) is 10.4. The van der Waals surface area contributed by atoms with Crippen LogP contribution in [0.25, 0.3) is 0 Å². The number of aromatic nitrogens is 1. The molecule has 0 saturated carbocycles. The van der Waals surface area contributed by atoms with Gasteiger partial charge in [0.05, 0.1) is 7.11 Å². The second kappa shape index (κ2) is 6.16. The molecule has 0 amide bonds. The summed E-state index contributed by atoms with van der Waals surface area (Å²) in [7, 11) is 1.35. The average Bonchev–Trinajstić information content (AvgIpc) is 2.45. The third kappa shape index (κ3) is 3.30. The second-order valence-corrected chi connectivity index (χ2v) is 4.09. The monoisotopic (exact) mass is 247 g/mol. The maximum absolute atomic E-state index is 11.3. The molecule has 18 heavy (non-hydrogen) atoms. The Morgan fingerprint density at radius 1 is 1.61 bits per heavy atom. The molecule has 0 aromatic carbocycles. The Kier molecular flexibility index (Phi) is 4.30. The van der Waals surface area contributed by atoms with Gasteiger partial charge in [0, 0.05) is 25.0 Å². The first-order chi connectivity index (χ1) is 8.79. The van der Waals surface area contributed by atoms with E-state index in [1.165, 1.54) is 12.7 Å². The van der Waals surface area contributed by atoms with Gasteiger partial charge < -0.3 is 15.4 Å². The van der Waals surface area contributed by atoms with Crippen LogP contribution < -0.4 is 10.6 Å². The minimum atomic E-state index is -0.417. The van der Waals surface area contributed by atoms with Crippen LogP contribution in [0.1, 0.15) is 16.9 Å². The standard InChI is InChI=1S/C13H17N3O2/c1-18-13(17)12-8-11(4-7-15-12)16-9-10-2-5-14-6-3-10/h2,4,7-8,14H,3,5-6,9H2,1H3,(H,15,16). The summed E-state index contributed by atoms with van der Waals surface area (Å²) < 4.78 is 4.64. The van der Waals surface area contributed by atoms with E-state index in [-0.39, 0.29) is 0 Å². The van der Waals surface area contributed by atoms with E-state index in [1.54, 1.807) is 12.3 Å². The molecule has 5 heteroatoms. The quantitative estimate of drug-likeness (QED) is 0.618. The average molecular weight is 247 g/mol. The van der Waals surface area contributed by atoms with Crippen molar-refractivity contribution in [3.63, 3.8) is 0 Å². The van der Waals surface area contributed by atoms with Crippen LogP contribution in [-0.2, 0) is 4.74 Å². The molecule has 0 saturated heterocycles. The summed E-state index contributed by atoms with van der Waals surface area (Å²) in [6.45, 7) is 2.75. The molecule has 0 atom stereocenters. The molecular weight excluding hydrogens is 230 g/mol. The topological polar surface area (TPSA) is 63.2 Å². The lowest BCUT2D eigenvalue weighted by Crippen LogP contribution is -2.23. The number of nitrogens with zero attached hydrogens (tertiary/aromatic N) is 1. The lowest BCUT2D eigenvalue weighted by molar-refractivity contribution is 0.0594. The molecule has 0 unspecified atom stereocenters. The first kappa shape index (κ1) is 12.6. The van der Waals surface area contributed by atoms with Gasteiger partial charge in [-0.05, 0) is 25.1 Å². The molecule has 1 aliphatic rings. The van der Waals surface area contributed by atoms with Gasteiger partial charge in [-0.15, -0.1) is 0 Å². The van der Waals surface area contributed by atoms with E-state index in [1.807, 2.05) is 6.07 Å². The number of anilines is 1. The molecule has 2 N–H and O–H groups in total. The fourth-order valence-electron chi connectivity index (χ4n) is 1.80. The Balaban J connectivity index is 1.96. The van der Waals surface area contributed by atoms with Crippen LogP contribution in [0.3, 0.4) is 0 Å². The smallest absolute Gasteiger partial charge is 0.356 e. The fraction of sp³-hybridized carbons (Fsp3) is 0.385. The molecule has 1 aromatic heterocycles. The van der Waals surface area contributed by atoms with Crippen LogP contribution in [0.5, 0.6) is 0 Å². The van der Waals surface area contributed by atoms with Crippen LogP contribution in [0, 0.1) is 0 Å². The highest BCUT2D eigenvalue weighted by Crippen LogP contribution is 2.11. The number of methoxy groups -OCH3 is 1. The van der Waals surface area contributed by atoms with Gasteiger partial charge >= 0.3 is 5.97 Å². The van der Waals surface area contributed by atoms with Gasteiger partial charge in [-0.2, -0.15) is 0 Å². The Morgan fingerprint density at radius 3 is 3.22 bits per heavy atom. The number of ether oxygens (including phenoxy) is 1. The van der Waals surface area contributed by atoms with Crippen molar-refractivity contribution in [1.29, 1.82) is 0 Å². The maximum Gasteiger partial charge on any atom is 0.356 e. The van der Waals surface area contributed by atoms with Gasteiger partial charge in [-0.25, -0.2) is 9.78 Å². The molecule has 0 aliphatic carbocycles. The minimum Gasteiger partial charge on any atom is -0.464 e. The first-order valence-corrected chi connectivity index (χ1v) is 5.96. The van der Waals surface area contributed by atoms with E-state index in [4.69, 9.17) is 0 Å². The third-order valence-corrected chi connectivity index (χ3v) is 2.83. The molecule has 0 bridgehead atoms. The summed E-state index contributed by atoms with van der Waals surface area (Å²) in [5.74, 6) is -0.417. The molecule has 1 aliphatic heterocycles. The van der Waals surface area contributed by atoms with Crippen molar-refractivity contribution in [1.82, 2.24) is 10.3 Å². The number of esters is 1. The Morgan fingerprint density at radius 2 is 2.50 bits per heavy atom. The zero-order chi connectivity index (χ0) is 12.8. The zero-order valence-electron chi connectivity index (χ0n) is 10.4. The second-order valence-electron chi connectivity index (χ2n) is 4.09. The molecule has 0 fully saturated rings. The van der Waals surface area contributed by atoms with Gasteiger partial charge in [0.1, 0.15) is 5.69 Å². The molecule has 1 aromatic rings. The summed E-state index contributed by atoms with van der Waals surface area (Å²) in [6.07, 6.45) is 4.85. The summed E-state index contributed by atoms with van der Waals surface area (Å²) >= 11 is 0. The molecule has 0 radical (unpaired) electrons. The number of hydrogen-bond acceptors (Lipinski definition) is 5. The van der Waals surface area contributed by atoms with Crippen molar-refractivity contribution < 1.29 is 9.53 Å². The van der Waals surface area contributed by atoms with Crippen LogP contribution in [0.2, 0.25) is 0 Å². The first-order valence-electron chi connectivity index (χ1n) is 5.96. The van der Waals surface area contributed by atoms with Gasteiger partial charge in [0.15, 0.2) is 0 Å². The molecule has 0 spiro atoms. The van der Waals surface area contributed by atoms with E-state index in [0.29, 0.717) is 5.69 Å². The number of hydrogen-bond donors (Lipinski definition) is 2. The number of pyridine rings is 1. The van der Waals surface area contributed by atoms with Gasteiger partial charge in [0.25, 0.3) is 0 Å². The van der Waals surface area contributed by atoms with Crippen molar-refractivity contribution in [2.24, 2.45) is 0 Å². The van der Waals surface area contributed by atoms with E-state index >= 15 is 0 Å². The molecule has 2 rings (SSSR count). The van der Waals surface area contributed by atoms with Crippen molar-refractivity contribution in [3.05, 3.63) is 35.7 Å². The summed E-state index contributed by atoms with van der Waals surface area (Å²) in [5, 5.41) is 6.56. The van der Waals surface area contributed by atoms with Gasteiger partial charge in [-0.1, -0.05) is 11.6 Å². The highest BCUT2D eigenvalue weighted by atomic mass is 16.5. The highest BCUT2D eigenvalue weighted by Gasteiger charge is 2.08.